The summed E-state index contributed by atoms with van der Waals surface area (Å²) in [6.07, 6.45) is 0.509. The van der Waals surface area contributed by atoms with Crippen molar-refractivity contribution in [1.82, 2.24) is 0 Å². The first-order valence-electron chi connectivity index (χ1n) is 9.55. The fraction of sp³-hybridized carbons (Fsp3) is 0.364. The topological polar surface area (TPSA) is 55.4 Å². The van der Waals surface area contributed by atoms with Gasteiger partial charge in [-0.05, 0) is 65.5 Å². The average Bonchev–Trinajstić information content (AvgIpc) is 2.68. The van der Waals surface area contributed by atoms with Gasteiger partial charge in [-0.15, -0.1) is 11.8 Å². The van der Waals surface area contributed by atoms with Crippen molar-refractivity contribution >= 4 is 45.3 Å². The zero-order chi connectivity index (χ0) is 22.4. The molecule has 4 nitrogen and oxygen atoms in total. The summed E-state index contributed by atoms with van der Waals surface area (Å²) in [5.74, 6) is -2.22. The highest BCUT2D eigenvalue weighted by atomic mass is 79.9. The molecule has 2 aromatic carbocycles. The number of nitrogens with one attached hydrogen (secondary N) is 1. The number of ether oxygens (including phenoxy) is 1. The number of hydrogen-bond donors (Lipinski definition) is 1. The van der Waals surface area contributed by atoms with Crippen LogP contribution in [0.3, 0.4) is 0 Å². The highest BCUT2D eigenvalue weighted by Crippen LogP contribution is 2.37. The molecule has 2 rings (SSSR count). The summed E-state index contributed by atoms with van der Waals surface area (Å²) in [6, 6.07) is 7.80. The molecule has 0 radical (unpaired) electrons. The molecule has 0 aromatic heterocycles. The van der Waals surface area contributed by atoms with Gasteiger partial charge in [-0.3, -0.25) is 9.59 Å². The number of carbonyl (C=O) groups excluding carboxylic acids is 2. The molecule has 30 heavy (non-hydrogen) atoms. The van der Waals surface area contributed by atoms with Gasteiger partial charge in [-0.1, -0.05) is 26.8 Å². The lowest BCUT2D eigenvalue weighted by atomic mass is 10.1. The number of hydrogen-bond acceptors (Lipinski definition) is 4. The van der Waals surface area contributed by atoms with Crippen molar-refractivity contribution in [2.45, 2.75) is 50.4 Å². The van der Waals surface area contributed by atoms with Crippen LogP contribution < -0.4 is 5.32 Å². The van der Waals surface area contributed by atoms with Crippen LogP contribution in [0.25, 0.3) is 0 Å². The van der Waals surface area contributed by atoms with Gasteiger partial charge < -0.3 is 10.1 Å². The van der Waals surface area contributed by atoms with Gasteiger partial charge in [0.2, 0.25) is 0 Å². The lowest BCUT2D eigenvalue weighted by Gasteiger charge is -2.22. The lowest BCUT2D eigenvalue weighted by molar-refractivity contribution is -0.148. The molecule has 162 valence electrons. The van der Waals surface area contributed by atoms with Crippen LogP contribution in [0, 0.1) is 17.6 Å². The number of thioether (sulfide) groups is 1. The van der Waals surface area contributed by atoms with E-state index in [1.807, 2.05) is 27.7 Å². The number of esters is 1. The van der Waals surface area contributed by atoms with Crippen LogP contribution in [-0.4, -0.2) is 23.2 Å². The van der Waals surface area contributed by atoms with E-state index < -0.39 is 22.8 Å². The van der Waals surface area contributed by atoms with Crippen LogP contribution in [0.2, 0.25) is 0 Å². The van der Waals surface area contributed by atoms with Crippen LogP contribution in [-0.2, 0) is 9.53 Å². The second-order valence-corrected chi connectivity index (χ2v) is 9.20. The Bertz CT molecular complexity index is 923. The molecule has 2 aromatic rings. The molecule has 0 fully saturated rings. The Balaban J connectivity index is 2.26. The van der Waals surface area contributed by atoms with Gasteiger partial charge >= 0.3 is 5.97 Å². The van der Waals surface area contributed by atoms with Crippen LogP contribution in [0.4, 0.5) is 14.5 Å². The molecule has 2 unspecified atom stereocenters. The van der Waals surface area contributed by atoms with Crippen molar-refractivity contribution in [1.29, 1.82) is 0 Å². The highest BCUT2D eigenvalue weighted by molar-refractivity contribution is 9.10. The molecule has 0 saturated carbocycles. The molecule has 0 bridgehead atoms. The number of amides is 1. The van der Waals surface area contributed by atoms with Gasteiger partial charge in [-0.2, -0.15) is 0 Å². The summed E-state index contributed by atoms with van der Waals surface area (Å²) in [6.45, 7) is 7.56. The summed E-state index contributed by atoms with van der Waals surface area (Å²) in [5.41, 5.74) is 0.0106. The SMILES string of the molecule is CCC(C)OC(=O)C(Sc1cc(NC(=O)c2cccc(F)c2)c(F)cc1Br)C(C)C. The minimum Gasteiger partial charge on any atom is -0.462 e. The van der Waals surface area contributed by atoms with Crippen molar-refractivity contribution < 1.29 is 23.1 Å². The van der Waals surface area contributed by atoms with Crippen LogP contribution in [0.5, 0.6) is 0 Å². The Labute approximate surface area is 187 Å². The van der Waals surface area contributed by atoms with E-state index in [0.29, 0.717) is 15.8 Å². The first-order chi connectivity index (χ1) is 14.1. The zero-order valence-electron chi connectivity index (χ0n) is 17.2. The monoisotopic (exact) mass is 499 g/mol. The van der Waals surface area contributed by atoms with Gasteiger partial charge in [0.15, 0.2) is 0 Å². The summed E-state index contributed by atoms with van der Waals surface area (Å²) in [5, 5.41) is 1.96. The van der Waals surface area contributed by atoms with E-state index in [1.165, 1.54) is 42.1 Å². The Kier molecular flexibility index (Phi) is 8.85. The predicted molar refractivity (Wildman–Crippen MR) is 119 cm³/mol. The van der Waals surface area contributed by atoms with Gasteiger partial charge in [-0.25, -0.2) is 8.78 Å². The summed E-state index contributed by atoms with van der Waals surface area (Å²) < 4.78 is 33.7. The highest BCUT2D eigenvalue weighted by Gasteiger charge is 2.27. The normalized spacial score (nSPS) is 13.1. The summed E-state index contributed by atoms with van der Waals surface area (Å²) >= 11 is 4.55. The maximum Gasteiger partial charge on any atom is 0.319 e. The van der Waals surface area contributed by atoms with Crippen molar-refractivity contribution in [2.75, 3.05) is 5.32 Å². The van der Waals surface area contributed by atoms with Gasteiger partial charge in [0.05, 0.1) is 11.8 Å². The molecule has 1 amide bonds. The maximum atomic E-state index is 14.4. The Morgan fingerprint density at radius 3 is 2.47 bits per heavy atom. The Hall–Kier alpha value is -1.93. The smallest absolute Gasteiger partial charge is 0.319 e. The Morgan fingerprint density at radius 1 is 1.17 bits per heavy atom. The first-order valence-corrected chi connectivity index (χ1v) is 11.2. The molecule has 0 spiro atoms. The van der Waals surface area contributed by atoms with Crippen molar-refractivity contribution in [3.05, 3.63) is 58.1 Å². The molecule has 0 saturated heterocycles. The third-order valence-electron chi connectivity index (χ3n) is 4.34. The predicted octanol–water partition coefficient (Wildman–Crippen LogP) is 6.44. The lowest BCUT2D eigenvalue weighted by Crippen LogP contribution is -2.28. The quantitative estimate of drug-likeness (QED) is 0.335. The first kappa shape index (κ1) is 24.3. The van der Waals surface area contributed by atoms with Gasteiger partial charge in [0.1, 0.15) is 16.9 Å². The summed E-state index contributed by atoms with van der Waals surface area (Å²) in [4.78, 5) is 25.5. The molecule has 0 aliphatic rings. The largest absolute Gasteiger partial charge is 0.462 e. The fourth-order valence-corrected chi connectivity index (χ4v) is 4.13. The van der Waals surface area contributed by atoms with E-state index in [4.69, 9.17) is 4.74 Å². The van der Waals surface area contributed by atoms with E-state index in [0.717, 1.165) is 6.07 Å². The fourth-order valence-electron chi connectivity index (χ4n) is 2.48. The van der Waals surface area contributed by atoms with E-state index in [2.05, 4.69) is 21.2 Å². The molecule has 2 atom stereocenters. The minimum atomic E-state index is -0.653. The van der Waals surface area contributed by atoms with Crippen molar-refractivity contribution in [3.63, 3.8) is 0 Å². The van der Waals surface area contributed by atoms with E-state index in [9.17, 15) is 18.4 Å². The van der Waals surface area contributed by atoms with Crippen LogP contribution >= 0.6 is 27.7 Å². The number of halogens is 3. The number of carbonyl (C=O) groups is 2. The molecular formula is C22H24BrF2NO3S. The van der Waals surface area contributed by atoms with Crippen LogP contribution in [0.1, 0.15) is 44.5 Å². The van der Waals surface area contributed by atoms with Gasteiger partial charge in [0, 0.05) is 14.9 Å². The van der Waals surface area contributed by atoms with Crippen molar-refractivity contribution in [3.8, 4) is 0 Å². The second kappa shape index (κ2) is 10.9. The second-order valence-electron chi connectivity index (χ2n) is 7.17. The number of rotatable bonds is 8. The average molecular weight is 500 g/mol. The third-order valence-corrected chi connectivity index (χ3v) is 6.84. The standard InChI is InChI=1S/C22H24BrF2NO3S/c1-5-13(4)29-22(28)20(12(2)3)30-19-11-18(17(25)10-16(19)23)26-21(27)14-7-6-8-15(24)9-14/h6-13,20H,5H2,1-4H3,(H,26,27). The molecule has 0 aliphatic heterocycles. The maximum absolute atomic E-state index is 14.4. The molecule has 0 aliphatic carbocycles. The van der Waals surface area contributed by atoms with Gasteiger partial charge in [0.25, 0.3) is 5.91 Å². The molecule has 8 heteroatoms. The van der Waals surface area contributed by atoms with E-state index in [-0.39, 0.29) is 29.2 Å². The molecular weight excluding hydrogens is 476 g/mol. The molecule has 1 N–H and O–H groups in total. The van der Waals surface area contributed by atoms with Crippen molar-refractivity contribution in [2.24, 2.45) is 5.92 Å². The summed E-state index contributed by atoms with van der Waals surface area (Å²) in [7, 11) is 0. The zero-order valence-corrected chi connectivity index (χ0v) is 19.6. The van der Waals surface area contributed by atoms with E-state index >= 15 is 0 Å². The third kappa shape index (κ3) is 6.54. The van der Waals surface area contributed by atoms with E-state index in [1.54, 1.807) is 0 Å². The number of benzene rings is 2. The van der Waals surface area contributed by atoms with Crippen LogP contribution in [0.15, 0.2) is 45.8 Å². The number of anilines is 1. The molecule has 0 heterocycles. The Morgan fingerprint density at radius 2 is 1.87 bits per heavy atom. The minimum absolute atomic E-state index is 0.0335.